The number of carbonyl (C=O) groups excluding carboxylic acids is 1. The molecule has 7 heteroatoms. The van der Waals surface area contributed by atoms with Gasteiger partial charge in [0.2, 0.25) is 10.0 Å². The van der Waals surface area contributed by atoms with Gasteiger partial charge in [-0.05, 0) is 25.5 Å². The molecule has 1 aromatic rings. The van der Waals surface area contributed by atoms with Gasteiger partial charge in [0.25, 0.3) is 5.91 Å². The van der Waals surface area contributed by atoms with Crippen LogP contribution in [0.5, 0.6) is 0 Å². The minimum Gasteiger partial charge on any atom is -0.335 e. The largest absolute Gasteiger partial charge is 0.335 e. The zero-order valence-corrected chi connectivity index (χ0v) is 17.5. The summed E-state index contributed by atoms with van der Waals surface area (Å²) in [5.41, 5.74) is 1.04. The van der Waals surface area contributed by atoms with Gasteiger partial charge < -0.3 is 9.80 Å². The number of amides is 1. The van der Waals surface area contributed by atoms with Crippen molar-refractivity contribution in [2.24, 2.45) is 11.8 Å². The number of hydrogen-bond donors (Lipinski definition) is 1. The lowest BCUT2D eigenvalue weighted by molar-refractivity contribution is -0.904. The summed E-state index contributed by atoms with van der Waals surface area (Å²) in [5.74, 6) is 1.47. The van der Waals surface area contributed by atoms with Gasteiger partial charge in [0, 0.05) is 38.0 Å². The van der Waals surface area contributed by atoms with Crippen molar-refractivity contribution in [3.63, 3.8) is 0 Å². The first-order chi connectivity index (χ1) is 12.8. The van der Waals surface area contributed by atoms with Crippen molar-refractivity contribution in [3.8, 4) is 0 Å². The number of rotatable bonds is 4. The molecule has 0 radical (unpaired) electrons. The summed E-state index contributed by atoms with van der Waals surface area (Å²) in [5, 5.41) is 0. The van der Waals surface area contributed by atoms with Gasteiger partial charge in [-0.1, -0.05) is 31.5 Å². The lowest BCUT2D eigenvalue weighted by Gasteiger charge is -2.36. The molecule has 6 nitrogen and oxygen atoms in total. The highest BCUT2D eigenvalue weighted by atomic mass is 32.2. The SMILES string of the molecule is Cc1ccc(S(=O)(=O)N2CCN(C(=O)C[NH+]3C[C@@H](C)C[C@H](C)C3)CC2)cc1. The number of benzene rings is 1. The summed E-state index contributed by atoms with van der Waals surface area (Å²) in [6, 6.07) is 6.95. The molecule has 27 heavy (non-hydrogen) atoms. The number of quaternary nitrogens is 1. The number of carbonyl (C=O) groups is 1. The van der Waals surface area contributed by atoms with Gasteiger partial charge in [0.05, 0.1) is 18.0 Å². The smallest absolute Gasteiger partial charge is 0.277 e. The highest BCUT2D eigenvalue weighted by molar-refractivity contribution is 7.89. The molecule has 1 aromatic carbocycles. The fourth-order valence-corrected chi connectivity index (χ4v) is 5.85. The molecule has 0 unspecified atom stereocenters. The van der Waals surface area contributed by atoms with Crippen LogP contribution >= 0.6 is 0 Å². The van der Waals surface area contributed by atoms with Gasteiger partial charge in [-0.25, -0.2) is 8.42 Å². The summed E-state index contributed by atoms with van der Waals surface area (Å²) in [4.78, 5) is 16.2. The zero-order chi connectivity index (χ0) is 19.6. The van der Waals surface area contributed by atoms with Crippen LogP contribution in [-0.4, -0.2) is 69.3 Å². The Hall–Kier alpha value is -1.44. The normalized spacial score (nSPS) is 27.5. The van der Waals surface area contributed by atoms with E-state index in [2.05, 4.69) is 13.8 Å². The molecule has 2 aliphatic rings. The van der Waals surface area contributed by atoms with Crippen LogP contribution in [0.4, 0.5) is 0 Å². The Morgan fingerprint density at radius 3 is 2.15 bits per heavy atom. The number of likely N-dealkylation sites (tertiary alicyclic amines) is 1. The van der Waals surface area contributed by atoms with E-state index in [-0.39, 0.29) is 5.91 Å². The van der Waals surface area contributed by atoms with Crippen LogP contribution in [0.25, 0.3) is 0 Å². The van der Waals surface area contributed by atoms with Gasteiger partial charge in [0.1, 0.15) is 0 Å². The number of aryl methyl sites for hydroxylation is 1. The van der Waals surface area contributed by atoms with Crippen LogP contribution in [-0.2, 0) is 14.8 Å². The van der Waals surface area contributed by atoms with Gasteiger partial charge in [-0.3, -0.25) is 4.79 Å². The molecule has 2 fully saturated rings. The molecule has 2 aliphatic heterocycles. The third kappa shape index (κ3) is 4.89. The predicted molar refractivity (Wildman–Crippen MR) is 105 cm³/mol. The number of nitrogens with zero attached hydrogens (tertiary/aromatic N) is 2. The van der Waals surface area contributed by atoms with Crippen molar-refractivity contribution >= 4 is 15.9 Å². The molecule has 0 aliphatic carbocycles. The second kappa shape index (κ2) is 8.29. The van der Waals surface area contributed by atoms with E-state index in [1.165, 1.54) is 15.6 Å². The summed E-state index contributed by atoms with van der Waals surface area (Å²) in [6.07, 6.45) is 1.24. The fourth-order valence-electron chi connectivity index (χ4n) is 4.43. The van der Waals surface area contributed by atoms with Crippen molar-refractivity contribution in [1.29, 1.82) is 0 Å². The lowest BCUT2D eigenvalue weighted by atomic mass is 9.92. The molecule has 3 rings (SSSR count). The van der Waals surface area contributed by atoms with Crippen LogP contribution in [0.15, 0.2) is 29.2 Å². The average Bonchev–Trinajstić information content (AvgIpc) is 2.61. The Balaban J connectivity index is 1.55. The first-order valence-electron chi connectivity index (χ1n) is 9.94. The molecular weight excluding hydrogens is 362 g/mol. The molecule has 2 heterocycles. The Morgan fingerprint density at radius 2 is 1.59 bits per heavy atom. The van der Waals surface area contributed by atoms with Crippen LogP contribution in [0.1, 0.15) is 25.8 Å². The second-order valence-corrected chi connectivity index (χ2v) is 10.3. The second-order valence-electron chi connectivity index (χ2n) is 8.38. The summed E-state index contributed by atoms with van der Waals surface area (Å²) < 4.78 is 27.1. The number of piperazine rings is 1. The maximum absolute atomic E-state index is 12.8. The third-order valence-corrected chi connectivity index (χ3v) is 7.64. The summed E-state index contributed by atoms with van der Waals surface area (Å²) >= 11 is 0. The van der Waals surface area contributed by atoms with Gasteiger partial charge in [-0.2, -0.15) is 4.31 Å². The van der Waals surface area contributed by atoms with E-state index >= 15 is 0 Å². The molecule has 0 spiro atoms. The van der Waals surface area contributed by atoms with Crippen molar-refractivity contribution in [3.05, 3.63) is 29.8 Å². The number of sulfonamides is 1. The molecule has 2 saturated heterocycles. The van der Waals surface area contributed by atoms with Gasteiger partial charge >= 0.3 is 0 Å². The first-order valence-corrected chi connectivity index (χ1v) is 11.4. The summed E-state index contributed by atoms with van der Waals surface area (Å²) in [6.45, 7) is 10.8. The van der Waals surface area contributed by atoms with Crippen LogP contribution < -0.4 is 4.90 Å². The molecule has 0 bridgehead atoms. The van der Waals surface area contributed by atoms with Gasteiger partial charge in [0.15, 0.2) is 6.54 Å². The van der Waals surface area contributed by atoms with Gasteiger partial charge in [-0.15, -0.1) is 0 Å². The molecule has 1 N–H and O–H groups in total. The Bertz CT molecular complexity index is 745. The van der Waals surface area contributed by atoms with Crippen molar-refractivity contribution in [2.45, 2.75) is 32.1 Å². The van der Waals surface area contributed by atoms with E-state index in [0.29, 0.717) is 49.5 Å². The molecular formula is C20H32N3O3S+. The molecule has 0 aromatic heterocycles. The van der Waals surface area contributed by atoms with E-state index in [4.69, 9.17) is 0 Å². The van der Waals surface area contributed by atoms with E-state index in [9.17, 15) is 13.2 Å². The third-order valence-electron chi connectivity index (χ3n) is 5.73. The fraction of sp³-hybridized carbons (Fsp3) is 0.650. The van der Waals surface area contributed by atoms with E-state index in [1.807, 2.05) is 24.0 Å². The molecule has 2 atom stereocenters. The maximum Gasteiger partial charge on any atom is 0.277 e. The number of hydrogen-bond acceptors (Lipinski definition) is 3. The van der Waals surface area contributed by atoms with E-state index in [1.54, 1.807) is 12.1 Å². The maximum atomic E-state index is 12.8. The van der Waals surface area contributed by atoms with Crippen LogP contribution in [0, 0.1) is 18.8 Å². The van der Waals surface area contributed by atoms with Crippen molar-refractivity contribution < 1.29 is 18.1 Å². The number of piperidine rings is 1. The highest BCUT2D eigenvalue weighted by Gasteiger charge is 2.32. The van der Waals surface area contributed by atoms with Crippen molar-refractivity contribution in [2.75, 3.05) is 45.8 Å². The predicted octanol–water partition coefficient (Wildman–Crippen LogP) is 0.389. The van der Waals surface area contributed by atoms with Crippen LogP contribution in [0.2, 0.25) is 0 Å². The average molecular weight is 395 g/mol. The molecule has 1 amide bonds. The molecule has 150 valence electrons. The quantitative estimate of drug-likeness (QED) is 0.804. The van der Waals surface area contributed by atoms with Crippen molar-refractivity contribution in [1.82, 2.24) is 9.21 Å². The molecule has 0 saturated carbocycles. The van der Waals surface area contributed by atoms with E-state index in [0.717, 1.165) is 18.7 Å². The standard InChI is InChI=1S/C20H31N3O3S/c1-16-4-6-19(7-5-16)27(25,26)23-10-8-22(9-11-23)20(24)15-21-13-17(2)12-18(3)14-21/h4-7,17-18H,8-15H2,1-3H3/p+1/t17-,18-/m0/s1. The Kier molecular flexibility index (Phi) is 6.23. The number of nitrogens with one attached hydrogen (secondary N) is 1. The Morgan fingerprint density at radius 1 is 1.04 bits per heavy atom. The lowest BCUT2D eigenvalue weighted by Crippen LogP contribution is -3.15. The van der Waals surface area contributed by atoms with E-state index < -0.39 is 10.0 Å². The monoisotopic (exact) mass is 394 g/mol. The highest BCUT2D eigenvalue weighted by Crippen LogP contribution is 2.18. The minimum atomic E-state index is -3.48. The first kappa shape index (κ1) is 20.3. The minimum absolute atomic E-state index is 0.152. The zero-order valence-electron chi connectivity index (χ0n) is 16.6. The van der Waals surface area contributed by atoms with Crippen LogP contribution in [0.3, 0.4) is 0 Å². The summed E-state index contributed by atoms with van der Waals surface area (Å²) in [7, 11) is -3.48. The topological polar surface area (TPSA) is 62.1 Å². The Labute approximate surface area is 163 Å².